The van der Waals surface area contributed by atoms with Crippen LogP contribution < -0.4 is 0 Å². The van der Waals surface area contributed by atoms with Crippen LogP contribution in [0.25, 0.3) is 0 Å². The summed E-state index contributed by atoms with van der Waals surface area (Å²) in [4.78, 5) is 11.3. The third-order valence-corrected chi connectivity index (χ3v) is 6.40. The topological polar surface area (TPSA) is 60.4 Å². The average molecular weight is 274 g/mol. The Morgan fingerprint density at radius 1 is 1.33 bits per heavy atom. The largest absolute Gasteiger partial charge is 0.469 e. The second kappa shape index (κ2) is 5.19. The van der Waals surface area contributed by atoms with Crippen molar-refractivity contribution >= 4 is 15.8 Å². The molecule has 2 saturated carbocycles. The van der Waals surface area contributed by atoms with Crippen LogP contribution in [0.5, 0.6) is 0 Å². The highest BCUT2D eigenvalue weighted by atomic mass is 32.2. The van der Waals surface area contributed by atoms with E-state index in [4.69, 9.17) is 0 Å². The van der Waals surface area contributed by atoms with E-state index in [9.17, 15) is 13.2 Å². The first-order chi connectivity index (χ1) is 8.41. The summed E-state index contributed by atoms with van der Waals surface area (Å²) < 4.78 is 28.7. The number of hydrogen-bond donors (Lipinski definition) is 0. The minimum atomic E-state index is -3.14. The van der Waals surface area contributed by atoms with E-state index in [2.05, 4.69) is 4.74 Å². The van der Waals surface area contributed by atoms with Crippen LogP contribution in [0, 0.1) is 23.7 Å². The van der Waals surface area contributed by atoms with Crippen molar-refractivity contribution in [2.24, 2.45) is 23.7 Å². The minimum Gasteiger partial charge on any atom is -0.469 e. The Hall–Kier alpha value is -0.580. The number of hydrogen-bond acceptors (Lipinski definition) is 4. The van der Waals surface area contributed by atoms with Gasteiger partial charge in [-0.05, 0) is 37.0 Å². The zero-order valence-corrected chi connectivity index (χ0v) is 11.9. The summed E-state index contributed by atoms with van der Waals surface area (Å²) in [5.74, 6) is 0.887. The molecular formula is C13H22O4S. The smallest absolute Gasteiger partial charge is 0.309 e. The SMILES string of the molecule is COC(=O)C(C)CS(=O)(=O)CC1CC2CCC1C2. The lowest BCUT2D eigenvalue weighted by Crippen LogP contribution is -2.28. The second-order valence-corrected chi connectivity index (χ2v) is 8.09. The maximum absolute atomic E-state index is 12.1. The summed E-state index contributed by atoms with van der Waals surface area (Å²) >= 11 is 0. The molecule has 4 nitrogen and oxygen atoms in total. The molecule has 2 aliphatic rings. The fourth-order valence-electron chi connectivity index (χ4n) is 3.62. The van der Waals surface area contributed by atoms with E-state index < -0.39 is 21.7 Å². The van der Waals surface area contributed by atoms with Gasteiger partial charge >= 0.3 is 5.97 Å². The van der Waals surface area contributed by atoms with Gasteiger partial charge in [-0.3, -0.25) is 4.79 Å². The van der Waals surface area contributed by atoms with Crippen molar-refractivity contribution < 1.29 is 17.9 Å². The van der Waals surface area contributed by atoms with Crippen molar-refractivity contribution in [3.8, 4) is 0 Å². The normalized spacial score (nSPS) is 32.4. The van der Waals surface area contributed by atoms with E-state index in [1.807, 2.05) is 0 Å². The number of methoxy groups -OCH3 is 1. The summed E-state index contributed by atoms with van der Waals surface area (Å²) in [7, 11) is -1.85. The van der Waals surface area contributed by atoms with Crippen LogP contribution >= 0.6 is 0 Å². The molecule has 0 spiro atoms. The van der Waals surface area contributed by atoms with Crippen molar-refractivity contribution in [3.63, 3.8) is 0 Å². The first-order valence-electron chi connectivity index (χ1n) is 6.69. The van der Waals surface area contributed by atoms with Gasteiger partial charge < -0.3 is 4.74 Å². The third kappa shape index (κ3) is 3.05. The van der Waals surface area contributed by atoms with Gasteiger partial charge in [-0.1, -0.05) is 13.3 Å². The number of rotatable bonds is 5. The van der Waals surface area contributed by atoms with Gasteiger partial charge in [0.1, 0.15) is 0 Å². The molecule has 2 bridgehead atoms. The Morgan fingerprint density at radius 3 is 2.56 bits per heavy atom. The Morgan fingerprint density at radius 2 is 2.06 bits per heavy atom. The van der Waals surface area contributed by atoms with E-state index >= 15 is 0 Å². The predicted octanol–water partition coefficient (Wildman–Crippen LogP) is 1.65. The molecular weight excluding hydrogens is 252 g/mol. The molecule has 5 heteroatoms. The predicted molar refractivity (Wildman–Crippen MR) is 68.8 cm³/mol. The van der Waals surface area contributed by atoms with E-state index in [0.29, 0.717) is 11.8 Å². The molecule has 0 aliphatic heterocycles. The summed E-state index contributed by atoms with van der Waals surface area (Å²) in [6.45, 7) is 1.62. The molecule has 0 N–H and O–H groups in total. The van der Waals surface area contributed by atoms with Gasteiger partial charge in [0, 0.05) is 0 Å². The Kier molecular flexibility index (Phi) is 3.99. The molecule has 18 heavy (non-hydrogen) atoms. The number of carbonyl (C=O) groups excluding carboxylic acids is 1. The van der Waals surface area contributed by atoms with Crippen LogP contribution in [0.1, 0.15) is 32.6 Å². The highest BCUT2D eigenvalue weighted by molar-refractivity contribution is 7.91. The first kappa shape index (κ1) is 13.8. The lowest BCUT2D eigenvalue weighted by molar-refractivity contribution is -0.144. The molecule has 4 atom stereocenters. The van der Waals surface area contributed by atoms with E-state index in [1.54, 1.807) is 6.92 Å². The molecule has 2 aliphatic carbocycles. The Bertz CT molecular complexity index is 415. The average Bonchev–Trinajstić information content (AvgIpc) is 2.88. The van der Waals surface area contributed by atoms with Crippen molar-refractivity contribution in [1.29, 1.82) is 0 Å². The van der Waals surface area contributed by atoms with Gasteiger partial charge in [0.2, 0.25) is 0 Å². The fourth-order valence-corrected chi connectivity index (χ4v) is 5.72. The van der Waals surface area contributed by atoms with Crippen LogP contribution in [-0.2, 0) is 19.4 Å². The molecule has 104 valence electrons. The van der Waals surface area contributed by atoms with Gasteiger partial charge in [-0.25, -0.2) is 8.42 Å². The maximum Gasteiger partial charge on any atom is 0.309 e. The number of ether oxygens (including phenoxy) is 1. The van der Waals surface area contributed by atoms with Gasteiger partial charge in [-0.15, -0.1) is 0 Å². The molecule has 0 radical (unpaired) electrons. The van der Waals surface area contributed by atoms with Crippen LogP contribution in [0.2, 0.25) is 0 Å². The molecule has 0 aromatic rings. The number of fused-ring (bicyclic) bond motifs is 2. The van der Waals surface area contributed by atoms with Gasteiger partial charge in [-0.2, -0.15) is 0 Å². The van der Waals surface area contributed by atoms with Crippen LogP contribution in [0.3, 0.4) is 0 Å². The number of esters is 1. The van der Waals surface area contributed by atoms with E-state index in [-0.39, 0.29) is 11.5 Å². The fraction of sp³-hybridized carbons (Fsp3) is 0.923. The molecule has 0 heterocycles. The lowest BCUT2D eigenvalue weighted by Gasteiger charge is -2.21. The maximum atomic E-state index is 12.1. The van der Waals surface area contributed by atoms with E-state index in [0.717, 1.165) is 12.3 Å². The summed E-state index contributed by atoms with van der Waals surface area (Å²) in [5, 5.41) is 0. The molecule has 0 amide bonds. The molecule has 0 aromatic heterocycles. The second-order valence-electron chi connectivity index (χ2n) is 5.94. The standard InChI is InChI=1S/C13H22O4S/c1-9(13(14)17-2)7-18(15,16)8-12-6-10-3-4-11(12)5-10/h9-12H,3-8H2,1-2H3. The van der Waals surface area contributed by atoms with Gasteiger partial charge in [0.25, 0.3) is 0 Å². The molecule has 4 unspecified atom stereocenters. The summed E-state index contributed by atoms with van der Waals surface area (Å²) in [6, 6.07) is 0. The molecule has 0 aromatic carbocycles. The third-order valence-electron chi connectivity index (χ3n) is 4.46. The minimum absolute atomic E-state index is 0.0758. The monoisotopic (exact) mass is 274 g/mol. The van der Waals surface area contributed by atoms with Crippen molar-refractivity contribution in [1.82, 2.24) is 0 Å². The van der Waals surface area contributed by atoms with E-state index in [1.165, 1.54) is 26.4 Å². The number of carbonyl (C=O) groups is 1. The molecule has 2 rings (SSSR count). The van der Waals surface area contributed by atoms with Crippen molar-refractivity contribution in [2.75, 3.05) is 18.6 Å². The summed E-state index contributed by atoms with van der Waals surface area (Å²) in [5.41, 5.74) is 0. The van der Waals surface area contributed by atoms with Gasteiger partial charge in [0.15, 0.2) is 9.84 Å². The van der Waals surface area contributed by atoms with Gasteiger partial charge in [0.05, 0.1) is 24.5 Å². The van der Waals surface area contributed by atoms with Crippen LogP contribution in [0.15, 0.2) is 0 Å². The zero-order chi connectivity index (χ0) is 13.3. The zero-order valence-electron chi connectivity index (χ0n) is 11.1. The first-order valence-corrected chi connectivity index (χ1v) is 8.51. The lowest BCUT2D eigenvalue weighted by atomic mass is 9.90. The molecule has 2 fully saturated rings. The summed E-state index contributed by atoms with van der Waals surface area (Å²) in [6.07, 6.45) is 4.75. The highest BCUT2D eigenvalue weighted by Crippen LogP contribution is 2.48. The molecule has 0 saturated heterocycles. The Labute approximate surface area is 109 Å². The highest BCUT2D eigenvalue weighted by Gasteiger charge is 2.41. The quantitative estimate of drug-likeness (QED) is 0.715. The van der Waals surface area contributed by atoms with Crippen molar-refractivity contribution in [2.45, 2.75) is 32.6 Å². The Balaban J connectivity index is 1.90. The van der Waals surface area contributed by atoms with Crippen molar-refractivity contribution in [3.05, 3.63) is 0 Å². The van der Waals surface area contributed by atoms with Crippen LogP contribution in [0.4, 0.5) is 0 Å². The number of sulfone groups is 1. The van der Waals surface area contributed by atoms with Crippen LogP contribution in [-0.4, -0.2) is 33.0 Å².